The van der Waals surface area contributed by atoms with Crippen LogP contribution in [0.5, 0.6) is 11.5 Å². The van der Waals surface area contributed by atoms with Crippen molar-refractivity contribution in [1.82, 2.24) is 40.3 Å². The van der Waals surface area contributed by atoms with E-state index in [1.165, 1.54) is 48.7 Å². The Morgan fingerprint density at radius 2 is 1.16 bits per heavy atom. The predicted molar refractivity (Wildman–Crippen MR) is 440 cm³/mol. The monoisotopic (exact) mass is 1670 g/mol. The molecule has 10 rings (SSSR count). The molecule has 3 heterocycles. The zero-order valence-electron chi connectivity index (χ0n) is 67.6. The van der Waals surface area contributed by atoms with Gasteiger partial charge >= 0.3 is 30.2 Å². The fourth-order valence-electron chi connectivity index (χ4n) is 14.4. The van der Waals surface area contributed by atoms with Gasteiger partial charge in [0.1, 0.15) is 80.1 Å². The minimum atomic E-state index is -4.50. The minimum Gasteiger partial charge on any atom is -0.497 e. The highest BCUT2D eigenvalue weighted by Crippen LogP contribution is 2.46. The van der Waals surface area contributed by atoms with E-state index < -0.39 is 115 Å². The summed E-state index contributed by atoms with van der Waals surface area (Å²) in [4.78, 5) is 115. The average molecular weight is 1670 g/mol. The smallest absolute Gasteiger partial charge is 0.411 e. The molecule has 0 bridgehead atoms. The van der Waals surface area contributed by atoms with E-state index in [9.17, 15) is 55.2 Å². The van der Waals surface area contributed by atoms with Crippen LogP contribution in [0.2, 0.25) is 0 Å². The number of carbonyl (C=O) groups is 8. The summed E-state index contributed by atoms with van der Waals surface area (Å²) in [6.45, 7) is 17.6. The Morgan fingerprint density at radius 3 is 1.66 bits per heavy atom. The third-order valence-corrected chi connectivity index (χ3v) is 24.5. The van der Waals surface area contributed by atoms with Crippen LogP contribution in [0.25, 0.3) is 22.3 Å². The lowest BCUT2D eigenvalue weighted by atomic mass is 10.1. The minimum absolute atomic E-state index is 0.000998. The molecule has 34 heteroatoms. The molecule has 0 spiro atoms. The van der Waals surface area contributed by atoms with Gasteiger partial charge in [-0.2, -0.15) is 0 Å². The maximum atomic E-state index is 14.6. The first kappa shape index (κ1) is 90.1. The van der Waals surface area contributed by atoms with Gasteiger partial charge in [-0.15, -0.1) is 24.5 Å². The fraction of sp³-hybridized carbons (Fsp3) is 0.561. The summed E-state index contributed by atoms with van der Waals surface area (Å²) < 4.78 is 96.8. The summed E-state index contributed by atoms with van der Waals surface area (Å²) in [7, 11) is -4.46. The number of thiazole rings is 1. The number of ether oxygens (including phenoxy) is 7. The highest BCUT2D eigenvalue weighted by molar-refractivity contribution is 7.90. The number of nitrogens with zero attached hydrogens (tertiary/aromatic N) is 3. The summed E-state index contributed by atoms with van der Waals surface area (Å²) in [5.41, 5.74) is 4.56. The van der Waals surface area contributed by atoms with Gasteiger partial charge < -0.3 is 70.8 Å². The van der Waals surface area contributed by atoms with Crippen molar-refractivity contribution >= 4 is 107 Å². The quantitative estimate of drug-likeness (QED) is 0.00761. The Bertz CT molecular complexity index is 4510. The average Bonchev–Trinajstić information content (AvgIpc) is 1.57. The molecular weight excluding hydrogens is 1550 g/mol. The first-order valence-electron chi connectivity index (χ1n) is 40.0. The molecule has 31 nitrogen and oxygen atoms in total. The summed E-state index contributed by atoms with van der Waals surface area (Å²) >= 11 is 1.44. The number of sulfonamides is 2. The number of para-hydroxylation sites is 2. The van der Waals surface area contributed by atoms with Gasteiger partial charge in [-0.25, -0.2) is 60.2 Å². The molecule has 4 saturated carbocycles. The lowest BCUT2D eigenvalue weighted by Gasteiger charge is -2.29. The second-order valence-corrected chi connectivity index (χ2v) is 35.5. The molecule has 1 saturated heterocycles. The number of aromatic nitrogens is 2. The molecule has 116 heavy (non-hydrogen) atoms. The van der Waals surface area contributed by atoms with Crippen molar-refractivity contribution in [3.8, 4) is 22.9 Å². The van der Waals surface area contributed by atoms with Crippen LogP contribution in [-0.2, 0) is 67.7 Å². The topological polar surface area (TPSA) is 421 Å². The molecule has 0 unspecified atom stereocenters. The van der Waals surface area contributed by atoms with Crippen LogP contribution in [0.1, 0.15) is 182 Å². The number of hydrogen-bond donors (Lipinski definition) is 9. The van der Waals surface area contributed by atoms with Crippen molar-refractivity contribution in [2.24, 2.45) is 17.6 Å². The van der Waals surface area contributed by atoms with Gasteiger partial charge in [0, 0.05) is 60.3 Å². The van der Waals surface area contributed by atoms with Crippen molar-refractivity contribution in [3.63, 3.8) is 0 Å². The number of nitrogens with two attached hydrogens (primary N) is 1. The van der Waals surface area contributed by atoms with Gasteiger partial charge in [0.2, 0.25) is 5.91 Å². The number of alkyl carbamates (subject to hydrolysis) is 2. The number of benzene rings is 3. The largest absolute Gasteiger partial charge is 0.497 e. The van der Waals surface area contributed by atoms with Crippen LogP contribution in [0, 0.1) is 11.8 Å². The van der Waals surface area contributed by atoms with E-state index in [1.54, 1.807) is 88.6 Å². The van der Waals surface area contributed by atoms with Gasteiger partial charge in [0.05, 0.1) is 50.5 Å². The second kappa shape index (κ2) is 41.4. The third kappa shape index (κ3) is 25.1. The molecule has 6 amide bonds. The summed E-state index contributed by atoms with van der Waals surface area (Å²) in [5.74, 6) is -3.25. The number of carbonyl (C=O) groups excluding carboxylic acids is 8. The lowest BCUT2D eigenvalue weighted by molar-refractivity contribution is -0.144. The molecule has 8 atom stereocenters. The molecule has 5 aliphatic rings. The Labute approximate surface area is 683 Å². The number of amides is 6. The number of anilines is 3. The number of esters is 2. The van der Waals surface area contributed by atoms with Crippen LogP contribution in [0.15, 0.2) is 113 Å². The van der Waals surface area contributed by atoms with E-state index in [4.69, 9.17) is 48.9 Å². The number of fused-ring (bicyclic) bond motifs is 1. The van der Waals surface area contributed by atoms with E-state index in [0.717, 1.165) is 108 Å². The molecule has 10 N–H and O–H groups in total. The van der Waals surface area contributed by atoms with Crippen LogP contribution in [0.3, 0.4) is 0 Å². The first-order chi connectivity index (χ1) is 55.3. The number of nitrogens with one attached hydrogen (secondary N) is 8. The molecule has 0 radical (unpaired) electrons. The van der Waals surface area contributed by atoms with Gasteiger partial charge in [-0.05, 0) is 161 Å². The Morgan fingerprint density at radius 1 is 0.647 bits per heavy atom. The zero-order valence-corrected chi connectivity index (χ0v) is 70.0. The predicted octanol–water partition coefficient (Wildman–Crippen LogP) is 11.8. The fourth-order valence-corrected chi connectivity index (χ4v) is 17.7. The lowest BCUT2D eigenvalue weighted by Crippen LogP contribution is -2.56. The summed E-state index contributed by atoms with van der Waals surface area (Å²) in [5, 5.41) is 21.0. The third-order valence-electron chi connectivity index (χ3n) is 20.9. The standard InChI is InChI=1S/C54H72N8O12S2.C28H42N4O7S/c1-9-34-30-54(34,49(65)61-76(68,69)46-23-17-16-21-39(46)55-26-18-12-10-11-13-22-40(48(64)71-8)59-51(66)73-35-19-14-15-20-35)60-47(63)44-28-37(31-62(44)52(67)74-53(4,5)6)72-45-29-42(43-32-75-50(58-43)56-33(2)3)57-41-27-36(70-7)24-25-38(41)45;1-3-20-19-28(20,29)26(34)32-40(36,37)24-17-11-10-15-22(24)30-18-12-6-4-5-7-16-23(25(33)38-2)31-27(35)39-21-13-8-9-14-21/h9,16-17,21,23-25,27,29,32-35,37,40,44,55H,1,10-15,18-20,22,26,28,30-31H2,2-8H3,(H,56,58)(H,59,66)(H,60,63)(H,61,65);3,10-11,15,17,20-21,23,30H,1,4-9,12-14,16,18-19,29H2,2H3,(H,31,35)(H,32,34)/t34-,37-,40+,44+,54-;20-,23+,28-/m11/s1. The van der Waals surface area contributed by atoms with Crippen molar-refractivity contribution < 1.29 is 88.3 Å². The Kier molecular flexibility index (Phi) is 32.1. The van der Waals surface area contributed by atoms with E-state index in [-0.39, 0.29) is 59.0 Å². The van der Waals surface area contributed by atoms with Gasteiger partial charge in [-0.3, -0.25) is 19.3 Å². The normalized spacial score (nSPS) is 20.3. The van der Waals surface area contributed by atoms with Crippen molar-refractivity contribution in [3.05, 3.63) is 103 Å². The van der Waals surface area contributed by atoms with E-state index in [1.807, 2.05) is 25.3 Å². The zero-order chi connectivity index (χ0) is 84.0. The molecular formula is C82H114N12O19S3. The number of methoxy groups -OCH3 is 3. The van der Waals surface area contributed by atoms with Crippen molar-refractivity contribution in [1.29, 1.82) is 0 Å². The van der Waals surface area contributed by atoms with Crippen LogP contribution in [-0.4, -0.2) is 180 Å². The van der Waals surface area contributed by atoms with Gasteiger partial charge in [-0.1, -0.05) is 87.8 Å². The SMILES string of the molecule is C=C[C@@H]1C[C@]1(N)C(=O)NS(=O)(=O)c1ccccc1NCCCCCCC[C@H](NC(=O)OC1CCCC1)C(=O)OC.C=C[C@@H]1C[C@]1(NC(=O)[C@@H]1C[C@@H](Oc2cc(-c3csc(NC(C)C)n3)nc3cc(OC)ccc23)CN1C(=O)OC(C)(C)C)C(=O)NS(=O)(=O)c1ccccc1NCCCCCCC[C@H](NC(=O)OC1CCCC1)C(=O)OC. The van der Waals surface area contributed by atoms with Crippen molar-refractivity contribution in [2.45, 2.75) is 251 Å². The number of hydrogen-bond acceptors (Lipinski definition) is 26. The molecule has 4 aliphatic carbocycles. The molecule has 2 aromatic heterocycles. The molecule has 5 fully saturated rings. The van der Waals surface area contributed by atoms with E-state index >= 15 is 0 Å². The Balaban J connectivity index is 0.000000323. The van der Waals surface area contributed by atoms with E-state index in [0.29, 0.717) is 84.7 Å². The first-order valence-corrected chi connectivity index (χ1v) is 43.8. The molecule has 3 aromatic carbocycles. The van der Waals surface area contributed by atoms with E-state index in [2.05, 4.69) is 54.5 Å². The van der Waals surface area contributed by atoms with Crippen molar-refractivity contribution in [2.75, 3.05) is 56.9 Å². The summed E-state index contributed by atoms with van der Waals surface area (Å²) in [6.07, 6.45) is 16.8. The van der Waals surface area contributed by atoms with Gasteiger partial charge in [0.25, 0.3) is 31.9 Å². The molecule has 5 aromatic rings. The van der Waals surface area contributed by atoms with Crippen LogP contribution in [0.4, 0.5) is 30.9 Å². The maximum absolute atomic E-state index is 14.6. The molecule has 634 valence electrons. The van der Waals surface area contributed by atoms with Crippen LogP contribution >= 0.6 is 11.3 Å². The highest BCUT2D eigenvalue weighted by atomic mass is 32.2. The number of unbranched alkanes of at least 4 members (excludes halogenated alkanes) is 8. The maximum Gasteiger partial charge on any atom is 0.411 e. The second-order valence-electron chi connectivity index (χ2n) is 31.3. The number of pyridine rings is 1. The van der Waals surface area contributed by atoms with Gasteiger partial charge in [0.15, 0.2) is 5.13 Å². The molecule has 1 aliphatic heterocycles. The Hall–Kier alpha value is -9.80. The van der Waals surface area contributed by atoms with Crippen LogP contribution < -0.4 is 56.6 Å². The summed E-state index contributed by atoms with van der Waals surface area (Å²) in [6, 6.07) is 17.2. The number of rotatable bonds is 40. The number of likely N-dealkylation sites (tertiary alicyclic amines) is 1. The highest BCUT2D eigenvalue weighted by Gasteiger charge is 2.62.